The fraction of sp³-hybridized carbons (Fsp3) is 0.125. The number of anilines is 1. The van der Waals surface area contributed by atoms with E-state index < -0.39 is 0 Å². The number of nitrogens with one attached hydrogen (secondary N) is 1. The van der Waals surface area contributed by atoms with Crippen LogP contribution in [0.15, 0.2) is 91.0 Å². The number of carbonyl (C=O) groups excluding carboxylic acids is 1. The second-order valence-corrected chi connectivity index (χ2v) is 6.50. The summed E-state index contributed by atoms with van der Waals surface area (Å²) in [7, 11) is 0. The van der Waals surface area contributed by atoms with E-state index in [0.717, 1.165) is 11.1 Å². The van der Waals surface area contributed by atoms with Gasteiger partial charge in [-0.3, -0.25) is 4.79 Å². The van der Waals surface area contributed by atoms with Crippen LogP contribution < -0.4 is 14.8 Å². The van der Waals surface area contributed by atoms with Gasteiger partial charge < -0.3 is 14.8 Å². The summed E-state index contributed by atoms with van der Waals surface area (Å²) in [5.41, 5.74) is 3.10. The van der Waals surface area contributed by atoms with Crippen molar-refractivity contribution in [2.45, 2.75) is 13.5 Å². The van der Waals surface area contributed by atoms with Crippen LogP contribution >= 0.6 is 0 Å². The van der Waals surface area contributed by atoms with Crippen LogP contribution in [0.4, 0.5) is 5.69 Å². The highest BCUT2D eigenvalue weighted by Gasteiger charge is 2.13. The summed E-state index contributed by atoms with van der Waals surface area (Å²) < 4.78 is 11.5. The Bertz CT molecular complexity index is 951. The van der Waals surface area contributed by atoms with E-state index in [1.54, 1.807) is 18.2 Å². The Morgan fingerprint density at radius 2 is 1.68 bits per heavy atom. The van der Waals surface area contributed by atoms with Crippen LogP contribution in [0.2, 0.25) is 0 Å². The third-order valence-corrected chi connectivity index (χ3v) is 3.95. The van der Waals surface area contributed by atoms with Crippen LogP contribution in [0.5, 0.6) is 11.5 Å². The van der Waals surface area contributed by atoms with Gasteiger partial charge in [0.05, 0.1) is 5.56 Å². The zero-order valence-electron chi connectivity index (χ0n) is 15.9. The standard InChI is InChI=1S/C24H23NO3/c1-18(2)16-27-21-12-8-11-20(15-21)25-24(26)22-13-6-7-14-23(22)28-17-19-9-4-3-5-10-19/h3-15H,1,16-17H2,2H3,(H,25,26). The van der Waals surface area contributed by atoms with Crippen molar-refractivity contribution < 1.29 is 14.3 Å². The molecule has 3 rings (SSSR count). The first-order valence-electron chi connectivity index (χ1n) is 9.06. The average molecular weight is 373 g/mol. The molecule has 0 fully saturated rings. The highest BCUT2D eigenvalue weighted by Crippen LogP contribution is 2.23. The first-order chi connectivity index (χ1) is 13.6. The van der Waals surface area contributed by atoms with Gasteiger partial charge in [0.25, 0.3) is 5.91 Å². The Morgan fingerprint density at radius 1 is 0.929 bits per heavy atom. The Morgan fingerprint density at radius 3 is 2.46 bits per heavy atom. The molecule has 0 aliphatic heterocycles. The lowest BCUT2D eigenvalue weighted by molar-refractivity contribution is 0.102. The first-order valence-corrected chi connectivity index (χ1v) is 9.06. The van der Waals surface area contributed by atoms with E-state index in [1.807, 2.05) is 67.6 Å². The maximum Gasteiger partial charge on any atom is 0.259 e. The highest BCUT2D eigenvalue weighted by atomic mass is 16.5. The molecule has 0 saturated carbocycles. The molecule has 4 heteroatoms. The van der Waals surface area contributed by atoms with Crippen molar-refractivity contribution in [3.8, 4) is 11.5 Å². The van der Waals surface area contributed by atoms with Gasteiger partial charge in [-0.1, -0.05) is 55.1 Å². The fourth-order valence-electron chi connectivity index (χ4n) is 2.58. The molecule has 0 aliphatic rings. The SMILES string of the molecule is C=C(C)COc1cccc(NC(=O)c2ccccc2OCc2ccccc2)c1. The minimum Gasteiger partial charge on any atom is -0.489 e. The largest absolute Gasteiger partial charge is 0.489 e. The van der Waals surface area contributed by atoms with Crippen LogP contribution in [0.1, 0.15) is 22.8 Å². The molecule has 142 valence electrons. The van der Waals surface area contributed by atoms with Crippen LogP contribution in [-0.4, -0.2) is 12.5 Å². The predicted octanol–water partition coefficient (Wildman–Crippen LogP) is 5.47. The van der Waals surface area contributed by atoms with Gasteiger partial charge in [-0.25, -0.2) is 0 Å². The molecule has 0 aliphatic carbocycles. The molecule has 1 amide bonds. The van der Waals surface area contributed by atoms with E-state index >= 15 is 0 Å². The van der Waals surface area contributed by atoms with Crippen molar-refractivity contribution in [1.29, 1.82) is 0 Å². The van der Waals surface area contributed by atoms with Crippen molar-refractivity contribution in [3.63, 3.8) is 0 Å². The number of para-hydroxylation sites is 1. The molecule has 0 spiro atoms. The molecule has 0 radical (unpaired) electrons. The molecular weight excluding hydrogens is 350 g/mol. The lowest BCUT2D eigenvalue weighted by Gasteiger charge is -2.13. The number of hydrogen-bond donors (Lipinski definition) is 1. The molecule has 0 saturated heterocycles. The first kappa shape index (κ1) is 19.2. The molecule has 28 heavy (non-hydrogen) atoms. The molecule has 0 unspecified atom stereocenters. The van der Waals surface area contributed by atoms with Crippen LogP contribution in [0.25, 0.3) is 0 Å². The summed E-state index contributed by atoms with van der Waals surface area (Å²) in [5.74, 6) is 0.980. The quantitative estimate of drug-likeness (QED) is 0.532. The van der Waals surface area contributed by atoms with Crippen molar-refractivity contribution in [2.75, 3.05) is 11.9 Å². The topological polar surface area (TPSA) is 47.6 Å². The smallest absolute Gasteiger partial charge is 0.259 e. The summed E-state index contributed by atoms with van der Waals surface area (Å²) in [4.78, 5) is 12.8. The van der Waals surface area contributed by atoms with Crippen LogP contribution in [0.3, 0.4) is 0 Å². The molecule has 3 aromatic rings. The Labute approximate surface area is 165 Å². The summed E-state index contributed by atoms with van der Waals surface area (Å²) in [6.45, 7) is 6.56. The second-order valence-electron chi connectivity index (χ2n) is 6.50. The summed E-state index contributed by atoms with van der Waals surface area (Å²) in [6, 6.07) is 24.3. The lowest BCUT2D eigenvalue weighted by atomic mass is 10.1. The molecule has 0 bridgehead atoms. The van der Waals surface area contributed by atoms with Crippen molar-refractivity contribution in [3.05, 3.63) is 102 Å². The van der Waals surface area contributed by atoms with Gasteiger partial charge in [0.2, 0.25) is 0 Å². The van der Waals surface area contributed by atoms with Gasteiger partial charge >= 0.3 is 0 Å². The van der Waals surface area contributed by atoms with E-state index in [4.69, 9.17) is 9.47 Å². The summed E-state index contributed by atoms with van der Waals surface area (Å²) in [5, 5.41) is 2.90. The zero-order chi connectivity index (χ0) is 19.8. The van der Waals surface area contributed by atoms with E-state index in [-0.39, 0.29) is 5.91 Å². The summed E-state index contributed by atoms with van der Waals surface area (Å²) >= 11 is 0. The fourth-order valence-corrected chi connectivity index (χ4v) is 2.58. The van der Waals surface area contributed by atoms with E-state index in [0.29, 0.717) is 36.0 Å². The van der Waals surface area contributed by atoms with Crippen molar-refractivity contribution in [1.82, 2.24) is 0 Å². The number of carbonyl (C=O) groups is 1. The summed E-state index contributed by atoms with van der Waals surface area (Å²) in [6.07, 6.45) is 0. The van der Waals surface area contributed by atoms with Crippen molar-refractivity contribution >= 4 is 11.6 Å². The Kier molecular flexibility index (Phi) is 6.47. The predicted molar refractivity (Wildman–Crippen MR) is 112 cm³/mol. The molecule has 3 aromatic carbocycles. The molecule has 1 N–H and O–H groups in total. The van der Waals surface area contributed by atoms with Gasteiger partial charge in [-0.05, 0) is 42.3 Å². The van der Waals surface area contributed by atoms with Crippen LogP contribution in [0, 0.1) is 0 Å². The van der Waals surface area contributed by atoms with E-state index in [2.05, 4.69) is 11.9 Å². The Hall–Kier alpha value is -3.53. The maximum absolute atomic E-state index is 12.8. The third-order valence-electron chi connectivity index (χ3n) is 3.95. The van der Waals surface area contributed by atoms with E-state index in [1.165, 1.54) is 0 Å². The third kappa shape index (κ3) is 5.48. The van der Waals surface area contributed by atoms with E-state index in [9.17, 15) is 4.79 Å². The lowest BCUT2D eigenvalue weighted by Crippen LogP contribution is -2.13. The molecule has 4 nitrogen and oxygen atoms in total. The molecule has 0 heterocycles. The zero-order valence-corrected chi connectivity index (χ0v) is 15.9. The second kappa shape index (κ2) is 9.42. The Balaban J connectivity index is 1.69. The average Bonchev–Trinajstić information content (AvgIpc) is 2.72. The molecular formula is C24H23NO3. The number of ether oxygens (including phenoxy) is 2. The van der Waals surface area contributed by atoms with Gasteiger partial charge in [0.15, 0.2) is 0 Å². The van der Waals surface area contributed by atoms with Gasteiger partial charge in [0, 0.05) is 11.8 Å². The number of hydrogen-bond acceptors (Lipinski definition) is 3. The highest BCUT2D eigenvalue weighted by molar-refractivity contribution is 6.06. The number of rotatable bonds is 8. The van der Waals surface area contributed by atoms with Crippen molar-refractivity contribution in [2.24, 2.45) is 0 Å². The van der Waals surface area contributed by atoms with Gasteiger partial charge in [0.1, 0.15) is 24.7 Å². The monoisotopic (exact) mass is 373 g/mol. The molecule has 0 aromatic heterocycles. The minimum absolute atomic E-state index is 0.235. The van der Waals surface area contributed by atoms with Gasteiger partial charge in [-0.15, -0.1) is 0 Å². The maximum atomic E-state index is 12.8. The normalized spacial score (nSPS) is 10.2. The molecule has 0 atom stereocenters. The number of benzene rings is 3. The van der Waals surface area contributed by atoms with Gasteiger partial charge in [-0.2, -0.15) is 0 Å². The van der Waals surface area contributed by atoms with Crippen LogP contribution in [-0.2, 0) is 6.61 Å². The minimum atomic E-state index is -0.235. The number of amides is 1.